The monoisotopic (exact) mass is 382 g/mol. The van der Waals surface area contributed by atoms with Crippen LogP contribution in [0.5, 0.6) is 5.75 Å². The lowest BCUT2D eigenvalue weighted by Gasteiger charge is -2.19. The highest BCUT2D eigenvalue weighted by Gasteiger charge is 2.41. The lowest BCUT2D eigenvalue weighted by atomic mass is 10.0. The summed E-state index contributed by atoms with van der Waals surface area (Å²) in [5.41, 5.74) is -2.92. The summed E-state index contributed by atoms with van der Waals surface area (Å²) in [6.45, 7) is -2.44. The van der Waals surface area contributed by atoms with Crippen molar-refractivity contribution in [2.75, 3.05) is 6.67 Å². The molecule has 0 fully saturated rings. The Balaban J connectivity index is 3.21. The zero-order valence-corrected chi connectivity index (χ0v) is 11.8. The van der Waals surface area contributed by atoms with Gasteiger partial charge in [0, 0.05) is 5.56 Å². The van der Waals surface area contributed by atoms with Crippen molar-refractivity contribution in [3.63, 3.8) is 0 Å². The minimum atomic E-state index is -5.37. The van der Waals surface area contributed by atoms with E-state index in [1.807, 2.05) is 0 Å². The number of hydrogen-bond donors (Lipinski definition) is 0. The third-order valence-corrected chi connectivity index (χ3v) is 2.66. The van der Waals surface area contributed by atoms with Crippen molar-refractivity contribution in [3.05, 3.63) is 29.3 Å². The molecule has 0 spiro atoms. The lowest BCUT2D eigenvalue weighted by molar-refractivity contribution is -0.192. The van der Waals surface area contributed by atoms with Gasteiger partial charge in [-0.1, -0.05) is 0 Å². The van der Waals surface area contributed by atoms with E-state index in [1.54, 1.807) is 0 Å². The van der Waals surface area contributed by atoms with Crippen LogP contribution in [0.25, 0.3) is 0 Å². The molecule has 1 aromatic carbocycles. The number of halogens is 9. The van der Waals surface area contributed by atoms with Gasteiger partial charge in [0.2, 0.25) is 5.78 Å². The van der Waals surface area contributed by atoms with E-state index in [4.69, 9.17) is 0 Å². The van der Waals surface area contributed by atoms with Crippen molar-refractivity contribution >= 4 is 11.6 Å². The maximum absolute atomic E-state index is 12.8. The number of carbonyl (C=O) groups is 2. The molecule has 1 aromatic rings. The molecule has 0 aromatic heterocycles. The van der Waals surface area contributed by atoms with E-state index in [-0.39, 0.29) is 12.1 Å². The summed E-state index contributed by atoms with van der Waals surface area (Å²) in [5.74, 6) is -5.64. The van der Waals surface area contributed by atoms with Gasteiger partial charge in [-0.05, 0) is 18.2 Å². The quantitative estimate of drug-likeness (QED) is 0.418. The number of ether oxygens (including phenoxy) is 1. The number of ketones is 2. The van der Waals surface area contributed by atoms with Crippen LogP contribution in [0.1, 0.15) is 22.3 Å². The highest BCUT2D eigenvalue weighted by Crippen LogP contribution is 2.39. The Morgan fingerprint density at radius 3 is 1.96 bits per heavy atom. The fourth-order valence-corrected chi connectivity index (χ4v) is 1.55. The maximum Gasteiger partial charge on any atom is 0.450 e. The molecule has 0 heterocycles. The van der Waals surface area contributed by atoms with Crippen LogP contribution < -0.4 is 4.74 Å². The van der Waals surface area contributed by atoms with Crippen LogP contribution in [-0.2, 0) is 11.0 Å². The molecule has 12 heteroatoms. The Bertz CT molecular complexity index is 662. The van der Waals surface area contributed by atoms with Gasteiger partial charge in [0.25, 0.3) is 0 Å². The van der Waals surface area contributed by atoms with Crippen LogP contribution in [0.15, 0.2) is 18.2 Å². The van der Waals surface area contributed by atoms with E-state index in [9.17, 15) is 49.1 Å². The molecule has 1 rings (SSSR count). The SMILES string of the molecule is O=C(CC(=O)C(F)(F)F)c1ccc(OC(F)(F)CF)c(C(F)(F)F)c1. The summed E-state index contributed by atoms with van der Waals surface area (Å²) >= 11 is 0. The fraction of sp³-hybridized carbons (Fsp3) is 0.385. The molecule has 0 saturated carbocycles. The van der Waals surface area contributed by atoms with Gasteiger partial charge in [0.15, 0.2) is 12.5 Å². The Morgan fingerprint density at radius 1 is 0.960 bits per heavy atom. The van der Waals surface area contributed by atoms with Crippen molar-refractivity contribution in [2.24, 2.45) is 0 Å². The van der Waals surface area contributed by atoms with Gasteiger partial charge in [-0.2, -0.15) is 35.1 Å². The summed E-state index contributed by atoms with van der Waals surface area (Å²) in [4.78, 5) is 22.2. The largest absolute Gasteiger partial charge is 0.450 e. The van der Waals surface area contributed by atoms with Gasteiger partial charge >= 0.3 is 18.5 Å². The van der Waals surface area contributed by atoms with E-state index >= 15 is 0 Å². The molecule has 0 unspecified atom stereocenters. The zero-order chi connectivity index (χ0) is 19.6. The topological polar surface area (TPSA) is 43.4 Å². The second-order valence-corrected chi connectivity index (χ2v) is 4.60. The van der Waals surface area contributed by atoms with Gasteiger partial charge < -0.3 is 4.74 Å². The fourth-order valence-electron chi connectivity index (χ4n) is 1.55. The predicted octanol–water partition coefficient (Wildman–Crippen LogP) is 4.35. The first-order valence-electron chi connectivity index (χ1n) is 6.14. The minimum absolute atomic E-state index is 0.0599. The van der Waals surface area contributed by atoms with Crippen LogP contribution in [-0.4, -0.2) is 30.5 Å². The summed E-state index contributed by atoms with van der Waals surface area (Å²) in [6.07, 6.45) is -17.1. The van der Waals surface area contributed by atoms with Gasteiger partial charge in [-0.15, -0.1) is 0 Å². The number of benzene rings is 1. The molecule has 25 heavy (non-hydrogen) atoms. The normalized spacial score (nSPS) is 12.8. The van der Waals surface area contributed by atoms with Crippen LogP contribution in [0.4, 0.5) is 39.5 Å². The second-order valence-electron chi connectivity index (χ2n) is 4.60. The van der Waals surface area contributed by atoms with Crippen molar-refractivity contribution < 1.29 is 53.8 Å². The molecular formula is C13H7F9O3. The van der Waals surface area contributed by atoms with Crippen molar-refractivity contribution in [2.45, 2.75) is 24.9 Å². The van der Waals surface area contributed by atoms with E-state index in [1.165, 1.54) is 0 Å². The molecule has 0 atom stereocenters. The zero-order valence-electron chi connectivity index (χ0n) is 11.8. The van der Waals surface area contributed by atoms with Crippen molar-refractivity contribution in [1.82, 2.24) is 0 Å². The molecule has 0 N–H and O–H groups in total. The highest BCUT2D eigenvalue weighted by molar-refractivity contribution is 6.09. The van der Waals surface area contributed by atoms with E-state index in [0.717, 1.165) is 0 Å². The number of Topliss-reactive ketones (excluding diaryl/α,β-unsaturated/α-hetero) is 2. The molecule has 0 saturated heterocycles. The van der Waals surface area contributed by atoms with Gasteiger partial charge in [0.05, 0.1) is 12.0 Å². The molecular weight excluding hydrogens is 375 g/mol. The first-order valence-corrected chi connectivity index (χ1v) is 6.14. The summed E-state index contributed by atoms with van der Waals surface area (Å²) < 4.78 is 116. The van der Waals surface area contributed by atoms with Gasteiger partial charge in [-0.25, -0.2) is 4.39 Å². The highest BCUT2D eigenvalue weighted by atomic mass is 19.4. The van der Waals surface area contributed by atoms with Crippen molar-refractivity contribution in [1.29, 1.82) is 0 Å². The first-order chi connectivity index (χ1) is 11.2. The molecule has 0 amide bonds. The first kappa shape index (κ1) is 20.8. The molecule has 0 aliphatic heterocycles. The maximum atomic E-state index is 12.8. The van der Waals surface area contributed by atoms with Crippen LogP contribution in [0.2, 0.25) is 0 Å². The number of hydrogen-bond acceptors (Lipinski definition) is 3. The standard InChI is InChI=1S/C13H7F9O3/c14-5-11(15,16)25-9-2-1-6(3-7(9)12(17,18)19)8(23)4-10(24)13(20,21)22/h1-3H,4-5H2. The molecule has 3 nitrogen and oxygen atoms in total. The van der Waals surface area contributed by atoms with E-state index < -0.39 is 60.0 Å². The average Bonchev–Trinajstić information content (AvgIpc) is 2.45. The van der Waals surface area contributed by atoms with Crippen LogP contribution >= 0.6 is 0 Å². The van der Waals surface area contributed by atoms with Crippen LogP contribution in [0.3, 0.4) is 0 Å². The molecule has 0 radical (unpaired) electrons. The molecule has 0 bridgehead atoms. The second kappa shape index (κ2) is 6.92. The van der Waals surface area contributed by atoms with Crippen molar-refractivity contribution in [3.8, 4) is 5.75 Å². The van der Waals surface area contributed by atoms with Gasteiger partial charge in [-0.3, -0.25) is 9.59 Å². The van der Waals surface area contributed by atoms with Gasteiger partial charge in [0.1, 0.15) is 5.75 Å². The third-order valence-electron chi connectivity index (χ3n) is 2.66. The summed E-state index contributed by atoms with van der Waals surface area (Å²) in [5, 5.41) is 0. The van der Waals surface area contributed by atoms with E-state index in [2.05, 4.69) is 4.74 Å². The molecule has 0 aliphatic rings. The number of carbonyl (C=O) groups excluding carboxylic acids is 2. The number of alkyl halides is 9. The Kier molecular flexibility index (Phi) is 5.75. The molecule has 140 valence electrons. The predicted molar refractivity (Wildman–Crippen MR) is 63.0 cm³/mol. The average molecular weight is 382 g/mol. The third kappa shape index (κ3) is 5.64. The smallest absolute Gasteiger partial charge is 0.430 e. The summed E-state index contributed by atoms with van der Waals surface area (Å²) in [7, 11) is 0. The lowest BCUT2D eigenvalue weighted by Crippen LogP contribution is -2.28. The summed E-state index contributed by atoms with van der Waals surface area (Å²) in [6, 6.07) is 0.609. The Hall–Kier alpha value is -2.27. The van der Waals surface area contributed by atoms with E-state index in [0.29, 0.717) is 6.07 Å². The Morgan fingerprint density at radius 2 is 1.52 bits per heavy atom. The Labute approximate surface area is 133 Å². The van der Waals surface area contributed by atoms with Crippen LogP contribution in [0, 0.1) is 0 Å². The minimum Gasteiger partial charge on any atom is -0.430 e. The number of rotatable bonds is 6. The molecule has 0 aliphatic carbocycles.